The fraction of sp³-hybridized carbons (Fsp3) is 0.333. The molecule has 0 radical (unpaired) electrons. The van der Waals surface area contributed by atoms with Crippen molar-refractivity contribution in [3.05, 3.63) is 81.9 Å². The number of rotatable bonds is 7. The van der Waals surface area contributed by atoms with Crippen molar-refractivity contribution in [2.24, 2.45) is 0 Å². The van der Waals surface area contributed by atoms with Crippen molar-refractivity contribution in [2.45, 2.75) is 41.0 Å². The Kier molecular flexibility index (Phi) is 8.30. The molecule has 2 fully saturated rings. The SMILES string of the molecule is CNC(=O)c1ccc(Br)cc1S[C@H]1OC2COC(c3ccccc3)O[C@@H]2C(n2cc(-c3nccs3)nn2)C1OC. The molecule has 208 valence electrons. The minimum Gasteiger partial charge on any atom is -0.375 e. The van der Waals surface area contributed by atoms with Crippen LogP contribution in [0.3, 0.4) is 0 Å². The Morgan fingerprint density at radius 1 is 1.23 bits per heavy atom. The number of aromatic nitrogens is 4. The van der Waals surface area contributed by atoms with Crippen LogP contribution in [0, 0.1) is 0 Å². The van der Waals surface area contributed by atoms with Crippen LogP contribution in [0.2, 0.25) is 0 Å². The van der Waals surface area contributed by atoms with Crippen molar-refractivity contribution in [3.8, 4) is 10.7 Å². The fourth-order valence-corrected chi connectivity index (χ4v) is 7.34. The van der Waals surface area contributed by atoms with Gasteiger partial charge in [-0.3, -0.25) is 4.79 Å². The minimum absolute atomic E-state index is 0.186. The summed E-state index contributed by atoms with van der Waals surface area (Å²) >= 11 is 6.44. The van der Waals surface area contributed by atoms with Gasteiger partial charge >= 0.3 is 0 Å². The first-order valence-electron chi connectivity index (χ1n) is 12.6. The van der Waals surface area contributed by atoms with Gasteiger partial charge in [0.2, 0.25) is 0 Å². The summed E-state index contributed by atoms with van der Waals surface area (Å²) in [6.45, 7) is 0.309. The minimum atomic E-state index is -0.567. The summed E-state index contributed by atoms with van der Waals surface area (Å²) in [5, 5.41) is 14.3. The van der Waals surface area contributed by atoms with E-state index in [0.29, 0.717) is 17.9 Å². The van der Waals surface area contributed by atoms with Crippen molar-refractivity contribution in [2.75, 3.05) is 20.8 Å². The number of carbonyl (C=O) groups is 1. The Bertz CT molecular complexity index is 1460. The zero-order valence-electron chi connectivity index (χ0n) is 21.5. The number of thiazole rings is 1. The van der Waals surface area contributed by atoms with E-state index in [9.17, 15) is 4.79 Å². The molecule has 2 aliphatic rings. The summed E-state index contributed by atoms with van der Waals surface area (Å²) in [6, 6.07) is 14.9. The van der Waals surface area contributed by atoms with E-state index in [2.05, 4.69) is 36.5 Å². The van der Waals surface area contributed by atoms with Gasteiger partial charge in [-0.1, -0.05) is 63.2 Å². The molecule has 40 heavy (non-hydrogen) atoms. The lowest BCUT2D eigenvalue weighted by Crippen LogP contribution is -2.59. The van der Waals surface area contributed by atoms with Crippen molar-refractivity contribution in [1.29, 1.82) is 0 Å². The number of ether oxygens (including phenoxy) is 4. The second-order valence-corrected chi connectivity index (χ2v) is 12.1. The van der Waals surface area contributed by atoms with E-state index < -0.39 is 36.1 Å². The average Bonchev–Trinajstić information content (AvgIpc) is 3.69. The third-order valence-corrected chi connectivity index (χ3v) is 9.27. The van der Waals surface area contributed by atoms with Crippen LogP contribution >= 0.6 is 39.0 Å². The normalized spacial score (nSPS) is 26.3. The number of fused-ring (bicyclic) bond motifs is 1. The molecule has 2 aliphatic heterocycles. The number of methoxy groups -OCH3 is 1. The van der Waals surface area contributed by atoms with Gasteiger partial charge < -0.3 is 24.3 Å². The smallest absolute Gasteiger partial charge is 0.252 e. The highest BCUT2D eigenvalue weighted by Gasteiger charge is 2.52. The Balaban J connectivity index is 1.37. The maximum atomic E-state index is 12.7. The molecule has 4 heterocycles. The molecule has 6 atom stereocenters. The number of nitrogens with zero attached hydrogens (tertiary/aromatic N) is 4. The maximum absolute atomic E-state index is 12.7. The summed E-state index contributed by atoms with van der Waals surface area (Å²) in [5.41, 5.74) is 1.61. The monoisotopic (exact) mass is 643 g/mol. The molecule has 0 spiro atoms. The van der Waals surface area contributed by atoms with Crippen LogP contribution in [-0.2, 0) is 18.9 Å². The molecule has 4 unspecified atom stereocenters. The van der Waals surface area contributed by atoms with E-state index in [1.54, 1.807) is 31.1 Å². The van der Waals surface area contributed by atoms with E-state index in [0.717, 1.165) is 19.9 Å². The van der Waals surface area contributed by atoms with Crippen molar-refractivity contribution < 1.29 is 23.7 Å². The van der Waals surface area contributed by atoms with Gasteiger partial charge in [0.15, 0.2) is 6.29 Å². The van der Waals surface area contributed by atoms with Crippen LogP contribution in [-0.4, -0.2) is 70.4 Å². The van der Waals surface area contributed by atoms with Gasteiger partial charge in [-0.25, -0.2) is 9.67 Å². The molecule has 0 saturated carbocycles. The number of hydrogen-bond donors (Lipinski definition) is 1. The zero-order valence-corrected chi connectivity index (χ0v) is 24.8. The molecule has 2 saturated heterocycles. The van der Waals surface area contributed by atoms with E-state index in [1.165, 1.54) is 23.1 Å². The Labute approximate surface area is 247 Å². The molecule has 0 aliphatic carbocycles. The zero-order chi connectivity index (χ0) is 27.6. The highest BCUT2D eigenvalue weighted by atomic mass is 79.9. The highest BCUT2D eigenvalue weighted by Crippen LogP contribution is 2.45. The van der Waals surface area contributed by atoms with Gasteiger partial charge in [0.25, 0.3) is 5.91 Å². The van der Waals surface area contributed by atoms with Crippen LogP contribution < -0.4 is 5.32 Å². The van der Waals surface area contributed by atoms with Crippen LogP contribution in [0.4, 0.5) is 0 Å². The van der Waals surface area contributed by atoms with E-state index in [4.69, 9.17) is 18.9 Å². The third kappa shape index (κ3) is 5.47. The highest BCUT2D eigenvalue weighted by molar-refractivity contribution is 9.10. The van der Waals surface area contributed by atoms with Crippen LogP contribution in [0.25, 0.3) is 10.7 Å². The summed E-state index contributed by atoms with van der Waals surface area (Å²) in [4.78, 5) is 17.8. The van der Waals surface area contributed by atoms with Gasteiger partial charge in [0.1, 0.15) is 40.5 Å². The van der Waals surface area contributed by atoms with Crippen LogP contribution in [0.1, 0.15) is 28.3 Å². The second kappa shape index (κ2) is 12.1. The molecule has 2 aromatic heterocycles. The lowest BCUT2D eigenvalue weighted by Gasteiger charge is -2.48. The summed E-state index contributed by atoms with van der Waals surface area (Å²) in [5.74, 6) is -0.186. The van der Waals surface area contributed by atoms with Crippen molar-refractivity contribution in [1.82, 2.24) is 25.3 Å². The quantitative estimate of drug-likeness (QED) is 0.306. The predicted octanol–water partition coefficient (Wildman–Crippen LogP) is 4.71. The largest absolute Gasteiger partial charge is 0.375 e. The van der Waals surface area contributed by atoms with Crippen molar-refractivity contribution >= 4 is 44.9 Å². The molecule has 1 amide bonds. The van der Waals surface area contributed by atoms with Gasteiger partial charge in [-0.05, 0) is 18.2 Å². The summed E-state index contributed by atoms with van der Waals surface area (Å²) in [6.07, 6.45) is 1.66. The summed E-state index contributed by atoms with van der Waals surface area (Å²) in [7, 11) is 3.25. The van der Waals surface area contributed by atoms with E-state index in [-0.39, 0.29) is 5.91 Å². The maximum Gasteiger partial charge on any atom is 0.252 e. The van der Waals surface area contributed by atoms with Gasteiger partial charge in [0, 0.05) is 40.7 Å². The molecule has 0 bridgehead atoms. The first-order valence-corrected chi connectivity index (χ1v) is 15.1. The molecule has 4 aromatic rings. The summed E-state index contributed by atoms with van der Waals surface area (Å²) < 4.78 is 28.0. The van der Waals surface area contributed by atoms with Crippen LogP contribution in [0.5, 0.6) is 0 Å². The first kappa shape index (κ1) is 27.5. The molecular formula is C27H26BrN5O5S2. The van der Waals surface area contributed by atoms with Gasteiger partial charge in [-0.2, -0.15) is 0 Å². The fourth-order valence-electron chi connectivity index (χ4n) is 4.90. The van der Waals surface area contributed by atoms with E-state index >= 15 is 0 Å². The number of carbonyl (C=O) groups excluding carboxylic acids is 1. The lowest BCUT2D eigenvalue weighted by atomic mass is 9.96. The molecule has 13 heteroatoms. The Hall–Kier alpha value is -2.65. The van der Waals surface area contributed by atoms with Gasteiger partial charge in [-0.15, -0.1) is 16.4 Å². The topological polar surface area (TPSA) is 110 Å². The Morgan fingerprint density at radius 2 is 2.08 bits per heavy atom. The van der Waals surface area contributed by atoms with Crippen LogP contribution in [0.15, 0.2) is 75.7 Å². The van der Waals surface area contributed by atoms with E-state index in [1.807, 2.05) is 54.0 Å². The molecule has 10 nitrogen and oxygen atoms in total. The molecule has 2 aromatic carbocycles. The third-order valence-electron chi connectivity index (χ3n) is 6.78. The molecule has 6 rings (SSSR count). The Morgan fingerprint density at radius 3 is 2.83 bits per heavy atom. The number of amides is 1. The van der Waals surface area contributed by atoms with Crippen molar-refractivity contribution in [3.63, 3.8) is 0 Å². The molecular weight excluding hydrogens is 618 g/mol. The average molecular weight is 645 g/mol. The first-order chi connectivity index (χ1) is 19.6. The number of benzene rings is 2. The predicted molar refractivity (Wildman–Crippen MR) is 153 cm³/mol. The standard InChI is InChI=1S/C27H26BrN5O5S2/c1-29-24(34)17-9-8-16(28)12-20(17)40-27-23(35-2)21(33-13-18(31-32-33)25-30-10-11-39-25)22-19(37-27)14-36-26(38-22)15-6-4-3-5-7-15/h3-13,19,21-23,26-27H,14H2,1-2H3,(H,29,34)/t19?,21?,22-,23?,26?,27+/m0/s1. The number of nitrogens with one attached hydrogen (secondary N) is 1. The number of hydrogen-bond acceptors (Lipinski definition) is 10. The lowest BCUT2D eigenvalue weighted by molar-refractivity contribution is -0.308. The van der Waals surface area contributed by atoms with Gasteiger partial charge in [0.05, 0.1) is 18.4 Å². The molecule has 1 N–H and O–H groups in total. The second-order valence-electron chi connectivity index (χ2n) is 9.17. The number of halogens is 1. The number of thioether (sulfide) groups is 1.